The third-order valence-electron chi connectivity index (χ3n) is 2.23. The zero-order valence-corrected chi connectivity index (χ0v) is 10.4. The first-order valence-electron chi connectivity index (χ1n) is 5.30. The highest BCUT2D eigenvalue weighted by Crippen LogP contribution is 2.10. The molecular weight excluding hydrogens is 220 g/mol. The summed E-state index contributed by atoms with van der Waals surface area (Å²) in [6, 6.07) is 0.157. The van der Waals surface area contributed by atoms with E-state index in [1.165, 1.54) is 0 Å². The number of nitrogens with two attached hydrogens (primary N) is 1. The SMILES string of the molecule is Cc1nc(Cn2cnc(CC(C)N)c2)cs1. The third-order valence-corrected chi connectivity index (χ3v) is 3.05. The molecule has 0 saturated carbocycles. The summed E-state index contributed by atoms with van der Waals surface area (Å²) < 4.78 is 2.05. The topological polar surface area (TPSA) is 56.7 Å². The Labute approximate surface area is 99.2 Å². The second kappa shape index (κ2) is 4.76. The lowest BCUT2D eigenvalue weighted by Gasteiger charge is -2.00. The molecule has 2 rings (SSSR count). The molecular formula is C11H16N4S. The predicted molar refractivity (Wildman–Crippen MR) is 65.5 cm³/mol. The van der Waals surface area contributed by atoms with Gasteiger partial charge in [-0.15, -0.1) is 11.3 Å². The Bertz CT molecular complexity index is 458. The lowest BCUT2D eigenvalue weighted by Crippen LogP contribution is -2.17. The summed E-state index contributed by atoms with van der Waals surface area (Å²) in [5, 5.41) is 3.19. The molecule has 4 nitrogen and oxygen atoms in total. The first-order chi connectivity index (χ1) is 7.63. The van der Waals surface area contributed by atoms with E-state index >= 15 is 0 Å². The van der Waals surface area contributed by atoms with Crippen LogP contribution < -0.4 is 5.73 Å². The number of thiazole rings is 1. The maximum Gasteiger partial charge on any atom is 0.0953 e. The molecule has 1 atom stereocenters. The minimum atomic E-state index is 0.157. The summed E-state index contributed by atoms with van der Waals surface area (Å²) in [6.07, 6.45) is 4.70. The Balaban J connectivity index is 2.02. The van der Waals surface area contributed by atoms with Crippen molar-refractivity contribution in [2.24, 2.45) is 5.73 Å². The van der Waals surface area contributed by atoms with E-state index in [0.29, 0.717) is 0 Å². The van der Waals surface area contributed by atoms with E-state index < -0.39 is 0 Å². The Morgan fingerprint density at radius 2 is 2.31 bits per heavy atom. The fraction of sp³-hybridized carbons (Fsp3) is 0.455. The van der Waals surface area contributed by atoms with Crippen LogP contribution in [0, 0.1) is 6.92 Å². The van der Waals surface area contributed by atoms with Crippen LogP contribution in [-0.4, -0.2) is 20.6 Å². The van der Waals surface area contributed by atoms with Crippen LogP contribution in [0.4, 0.5) is 0 Å². The van der Waals surface area contributed by atoms with E-state index in [0.717, 1.165) is 29.4 Å². The summed E-state index contributed by atoms with van der Waals surface area (Å²) in [6.45, 7) is 4.79. The van der Waals surface area contributed by atoms with E-state index in [1.807, 2.05) is 30.9 Å². The highest BCUT2D eigenvalue weighted by Gasteiger charge is 2.04. The number of hydrogen-bond donors (Lipinski definition) is 1. The summed E-state index contributed by atoms with van der Waals surface area (Å²) in [5.74, 6) is 0. The highest BCUT2D eigenvalue weighted by molar-refractivity contribution is 7.09. The van der Waals surface area contributed by atoms with Gasteiger partial charge in [-0.3, -0.25) is 0 Å². The molecule has 5 heteroatoms. The summed E-state index contributed by atoms with van der Waals surface area (Å²) in [7, 11) is 0. The first kappa shape index (κ1) is 11.3. The van der Waals surface area contributed by atoms with Crippen molar-refractivity contribution in [2.45, 2.75) is 32.9 Å². The van der Waals surface area contributed by atoms with Gasteiger partial charge in [-0.05, 0) is 13.8 Å². The zero-order chi connectivity index (χ0) is 11.5. The van der Waals surface area contributed by atoms with Crippen molar-refractivity contribution in [3.05, 3.63) is 34.3 Å². The molecule has 2 aromatic rings. The molecule has 0 aliphatic heterocycles. The van der Waals surface area contributed by atoms with Gasteiger partial charge in [-0.2, -0.15) is 0 Å². The summed E-state index contributed by atoms with van der Waals surface area (Å²) >= 11 is 1.68. The summed E-state index contributed by atoms with van der Waals surface area (Å²) in [4.78, 5) is 8.74. The molecule has 0 aliphatic carbocycles. The van der Waals surface area contributed by atoms with Crippen LogP contribution in [0.3, 0.4) is 0 Å². The fourth-order valence-corrected chi connectivity index (χ4v) is 2.20. The molecule has 0 fully saturated rings. The fourth-order valence-electron chi connectivity index (χ4n) is 1.60. The van der Waals surface area contributed by atoms with Crippen molar-refractivity contribution >= 4 is 11.3 Å². The highest BCUT2D eigenvalue weighted by atomic mass is 32.1. The molecule has 1 unspecified atom stereocenters. The van der Waals surface area contributed by atoms with E-state index in [4.69, 9.17) is 5.73 Å². The van der Waals surface area contributed by atoms with Crippen molar-refractivity contribution in [3.63, 3.8) is 0 Å². The quantitative estimate of drug-likeness (QED) is 0.877. The number of aryl methyl sites for hydroxylation is 1. The maximum absolute atomic E-state index is 5.73. The van der Waals surface area contributed by atoms with Crippen molar-refractivity contribution < 1.29 is 0 Å². The van der Waals surface area contributed by atoms with Crippen LogP contribution in [0.5, 0.6) is 0 Å². The molecule has 2 N–H and O–H groups in total. The normalized spacial score (nSPS) is 12.9. The molecule has 0 spiro atoms. The average Bonchev–Trinajstić information content (AvgIpc) is 2.76. The van der Waals surface area contributed by atoms with Gasteiger partial charge in [0.25, 0.3) is 0 Å². The zero-order valence-electron chi connectivity index (χ0n) is 9.55. The second-order valence-corrected chi connectivity index (χ2v) is 5.14. The van der Waals surface area contributed by atoms with Gasteiger partial charge in [-0.1, -0.05) is 0 Å². The minimum Gasteiger partial charge on any atom is -0.331 e. The third kappa shape index (κ3) is 2.90. The van der Waals surface area contributed by atoms with E-state index in [-0.39, 0.29) is 6.04 Å². The Morgan fingerprint density at radius 1 is 1.50 bits per heavy atom. The predicted octanol–water partition coefficient (Wildman–Crippen LogP) is 1.59. The number of rotatable bonds is 4. The van der Waals surface area contributed by atoms with Crippen molar-refractivity contribution in [2.75, 3.05) is 0 Å². The largest absolute Gasteiger partial charge is 0.331 e. The van der Waals surface area contributed by atoms with Crippen molar-refractivity contribution in [1.29, 1.82) is 0 Å². The van der Waals surface area contributed by atoms with Crippen molar-refractivity contribution in [1.82, 2.24) is 14.5 Å². The lowest BCUT2D eigenvalue weighted by molar-refractivity contribution is 0.722. The van der Waals surface area contributed by atoms with Crippen LogP contribution in [0.1, 0.15) is 23.3 Å². The van der Waals surface area contributed by atoms with Crippen molar-refractivity contribution in [3.8, 4) is 0 Å². The molecule has 16 heavy (non-hydrogen) atoms. The Morgan fingerprint density at radius 3 is 2.94 bits per heavy atom. The molecule has 86 valence electrons. The molecule has 0 bridgehead atoms. The minimum absolute atomic E-state index is 0.157. The second-order valence-electron chi connectivity index (χ2n) is 4.08. The van der Waals surface area contributed by atoms with Gasteiger partial charge >= 0.3 is 0 Å². The molecule has 2 aromatic heterocycles. The van der Waals surface area contributed by atoms with Crippen LogP contribution in [0.15, 0.2) is 17.9 Å². The molecule has 0 amide bonds. The molecule has 0 aromatic carbocycles. The molecule has 0 saturated heterocycles. The first-order valence-corrected chi connectivity index (χ1v) is 6.18. The van der Waals surface area contributed by atoms with Gasteiger partial charge in [0.2, 0.25) is 0 Å². The van der Waals surface area contributed by atoms with Gasteiger partial charge in [-0.25, -0.2) is 9.97 Å². The number of hydrogen-bond acceptors (Lipinski definition) is 4. The number of aromatic nitrogens is 3. The van der Waals surface area contributed by atoms with Crippen LogP contribution in [0.2, 0.25) is 0 Å². The number of nitrogens with zero attached hydrogens (tertiary/aromatic N) is 3. The number of imidazole rings is 1. The molecule has 0 radical (unpaired) electrons. The molecule has 2 heterocycles. The van der Waals surface area contributed by atoms with Crippen LogP contribution >= 0.6 is 11.3 Å². The Kier molecular flexibility index (Phi) is 3.36. The van der Waals surface area contributed by atoms with Gasteiger partial charge in [0.05, 0.1) is 29.3 Å². The molecule has 0 aliphatic rings. The van der Waals surface area contributed by atoms with Gasteiger partial charge in [0, 0.05) is 24.0 Å². The van der Waals surface area contributed by atoms with Crippen LogP contribution in [-0.2, 0) is 13.0 Å². The van der Waals surface area contributed by atoms with E-state index in [9.17, 15) is 0 Å². The van der Waals surface area contributed by atoms with Gasteiger partial charge in [0.1, 0.15) is 0 Å². The Hall–Kier alpha value is -1.20. The van der Waals surface area contributed by atoms with Crippen LogP contribution in [0.25, 0.3) is 0 Å². The standard InChI is InChI=1S/C11H16N4S/c1-8(12)3-10-4-15(7-13-10)5-11-6-16-9(2)14-11/h4,6-8H,3,5,12H2,1-2H3. The van der Waals surface area contributed by atoms with E-state index in [1.54, 1.807) is 11.3 Å². The lowest BCUT2D eigenvalue weighted by atomic mass is 10.2. The van der Waals surface area contributed by atoms with Gasteiger partial charge < -0.3 is 10.3 Å². The smallest absolute Gasteiger partial charge is 0.0953 e. The summed E-state index contributed by atoms with van der Waals surface area (Å²) in [5.41, 5.74) is 7.86. The maximum atomic E-state index is 5.73. The average molecular weight is 236 g/mol. The monoisotopic (exact) mass is 236 g/mol. The van der Waals surface area contributed by atoms with E-state index in [2.05, 4.69) is 15.3 Å². The van der Waals surface area contributed by atoms with Gasteiger partial charge in [0.15, 0.2) is 0 Å².